The molecular formula is C15H6F10N2O3. The standard InChI is InChI=1S/C15H6F10N2O3/c16-5-2(1-14(22,13(27)29)4(8(5)19)12(26)28)30-11-9(20)6(17)3(15(23,24)25)7(18)10(11)21/h1,4H,(H2,26,28)(H2,27,29). The van der Waals surface area contributed by atoms with Crippen LogP contribution in [0, 0.1) is 29.2 Å². The summed E-state index contributed by atoms with van der Waals surface area (Å²) in [5.41, 5.74) is 2.32. The van der Waals surface area contributed by atoms with Crippen LogP contribution in [0.3, 0.4) is 0 Å². The molecule has 0 saturated carbocycles. The topological polar surface area (TPSA) is 95.4 Å². The summed E-state index contributed by atoms with van der Waals surface area (Å²) in [6, 6.07) is 0. The van der Waals surface area contributed by atoms with Gasteiger partial charge in [-0.05, 0) is 0 Å². The first-order valence-electron chi connectivity index (χ1n) is 7.23. The zero-order valence-electron chi connectivity index (χ0n) is 13.8. The Bertz CT molecular complexity index is 988. The molecule has 1 aromatic carbocycles. The van der Waals surface area contributed by atoms with Crippen LogP contribution in [0.25, 0.3) is 0 Å². The van der Waals surface area contributed by atoms with E-state index in [1.54, 1.807) is 0 Å². The highest BCUT2D eigenvalue weighted by atomic mass is 19.4. The predicted molar refractivity (Wildman–Crippen MR) is 74.9 cm³/mol. The molecule has 0 radical (unpaired) electrons. The van der Waals surface area contributed by atoms with Gasteiger partial charge >= 0.3 is 6.18 Å². The maximum atomic E-state index is 14.7. The molecule has 2 atom stereocenters. The van der Waals surface area contributed by atoms with Crippen LogP contribution in [-0.4, -0.2) is 17.5 Å². The van der Waals surface area contributed by atoms with Crippen molar-refractivity contribution in [2.45, 2.75) is 11.8 Å². The van der Waals surface area contributed by atoms with Crippen LogP contribution in [0.4, 0.5) is 43.9 Å². The van der Waals surface area contributed by atoms with Crippen LogP contribution in [0.1, 0.15) is 5.56 Å². The molecule has 0 spiro atoms. The summed E-state index contributed by atoms with van der Waals surface area (Å²) in [6.45, 7) is 0. The van der Waals surface area contributed by atoms with E-state index in [2.05, 4.69) is 16.2 Å². The second-order valence-electron chi connectivity index (χ2n) is 5.70. The lowest BCUT2D eigenvalue weighted by Crippen LogP contribution is -2.52. The number of alkyl halides is 4. The molecule has 164 valence electrons. The van der Waals surface area contributed by atoms with Crippen molar-refractivity contribution in [1.82, 2.24) is 0 Å². The van der Waals surface area contributed by atoms with E-state index in [0.29, 0.717) is 0 Å². The van der Waals surface area contributed by atoms with Crippen molar-refractivity contribution in [3.63, 3.8) is 0 Å². The highest BCUT2D eigenvalue weighted by Crippen LogP contribution is 2.44. The summed E-state index contributed by atoms with van der Waals surface area (Å²) in [4.78, 5) is 22.4. The van der Waals surface area contributed by atoms with E-state index in [0.717, 1.165) is 0 Å². The number of hydrogen-bond acceptors (Lipinski definition) is 3. The molecule has 1 aliphatic carbocycles. The minimum atomic E-state index is -5.91. The van der Waals surface area contributed by atoms with Crippen molar-refractivity contribution in [3.05, 3.63) is 52.3 Å². The van der Waals surface area contributed by atoms with Gasteiger partial charge in [-0.25, -0.2) is 17.6 Å². The number of allylic oxidation sites excluding steroid dienone is 1. The van der Waals surface area contributed by atoms with Gasteiger partial charge in [0.2, 0.25) is 29.0 Å². The van der Waals surface area contributed by atoms with Crippen molar-refractivity contribution < 1.29 is 58.2 Å². The molecule has 5 nitrogen and oxygen atoms in total. The first kappa shape index (κ1) is 23.0. The average molecular weight is 452 g/mol. The second kappa shape index (κ2) is 7.21. The Labute approximate surface area is 158 Å². The molecule has 0 heterocycles. The summed E-state index contributed by atoms with van der Waals surface area (Å²) >= 11 is 0. The Morgan fingerprint density at radius 1 is 0.933 bits per heavy atom. The molecule has 0 saturated heterocycles. The number of hydrogen-bond donors (Lipinski definition) is 2. The summed E-state index contributed by atoms with van der Waals surface area (Å²) in [6.07, 6.45) is -6.33. The largest absolute Gasteiger partial charge is 0.448 e. The van der Waals surface area contributed by atoms with Gasteiger partial charge in [0.15, 0.2) is 29.0 Å². The fourth-order valence-corrected chi connectivity index (χ4v) is 2.45. The van der Waals surface area contributed by atoms with Gasteiger partial charge in [-0.1, -0.05) is 0 Å². The third-order valence-electron chi connectivity index (χ3n) is 3.82. The molecule has 30 heavy (non-hydrogen) atoms. The van der Waals surface area contributed by atoms with Crippen LogP contribution < -0.4 is 16.2 Å². The SMILES string of the molecule is NC(=O)C1C(F)=C(F)C(Oc2c(F)c(F)c(C(F)(F)F)c(F)c2F)=CC1(F)C(N)=O. The van der Waals surface area contributed by atoms with Gasteiger partial charge in [-0.2, -0.15) is 26.3 Å². The van der Waals surface area contributed by atoms with E-state index in [-0.39, 0.29) is 0 Å². The number of primary amides is 2. The van der Waals surface area contributed by atoms with E-state index in [1.165, 1.54) is 0 Å². The lowest BCUT2D eigenvalue weighted by atomic mass is 9.82. The highest BCUT2D eigenvalue weighted by Gasteiger charge is 2.54. The van der Waals surface area contributed by atoms with Gasteiger partial charge in [0.25, 0.3) is 5.91 Å². The Kier molecular flexibility index (Phi) is 5.53. The highest BCUT2D eigenvalue weighted by molar-refractivity contribution is 5.95. The van der Waals surface area contributed by atoms with Gasteiger partial charge in [0, 0.05) is 6.08 Å². The minimum Gasteiger partial charge on any atom is -0.448 e. The van der Waals surface area contributed by atoms with E-state index in [9.17, 15) is 53.5 Å². The molecule has 0 aliphatic heterocycles. The van der Waals surface area contributed by atoms with Gasteiger partial charge in [0.1, 0.15) is 11.5 Å². The molecule has 4 N–H and O–H groups in total. The number of carbonyl (C=O) groups excluding carboxylic acids is 2. The Hall–Kier alpha value is -3.26. The average Bonchev–Trinajstić information content (AvgIpc) is 2.59. The summed E-state index contributed by atoms with van der Waals surface area (Å²) in [5, 5.41) is 0. The van der Waals surface area contributed by atoms with E-state index in [1.807, 2.05) is 0 Å². The van der Waals surface area contributed by atoms with Crippen molar-refractivity contribution in [3.8, 4) is 5.75 Å². The molecule has 1 aromatic rings. The molecular weight excluding hydrogens is 446 g/mol. The first-order valence-corrected chi connectivity index (χ1v) is 7.23. The van der Waals surface area contributed by atoms with Gasteiger partial charge in [0.05, 0.1) is 0 Å². The van der Waals surface area contributed by atoms with Crippen molar-refractivity contribution in [2.24, 2.45) is 17.4 Å². The van der Waals surface area contributed by atoms with Crippen molar-refractivity contribution >= 4 is 11.8 Å². The van der Waals surface area contributed by atoms with Crippen LogP contribution in [-0.2, 0) is 15.8 Å². The maximum absolute atomic E-state index is 14.7. The fourth-order valence-electron chi connectivity index (χ4n) is 2.45. The third kappa shape index (κ3) is 3.43. The smallest absolute Gasteiger partial charge is 0.422 e. The monoisotopic (exact) mass is 452 g/mol. The van der Waals surface area contributed by atoms with Crippen LogP contribution in [0.2, 0.25) is 0 Å². The molecule has 15 heteroatoms. The Morgan fingerprint density at radius 3 is 1.77 bits per heavy atom. The second-order valence-corrected chi connectivity index (χ2v) is 5.70. The van der Waals surface area contributed by atoms with E-state index < -0.39 is 87.6 Å². The van der Waals surface area contributed by atoms with E-state index >= 15 is 0 Å². The van der Waals surface area contributed by atoms with Crippen LogP contribution in [0.5, 0.6) is 5.75 Å². The van der Waals surface area contributed by atoms with E-state index in [4.69, 9.17) is 0 Å². The quantitative estimate of drug-likeness (QED) is 0.543. The molecule has 1 aliphatic rings. The number of ether oxygens (including phenoxy) is 1. The normalized spacial score (nSPS) is 22.1. The lowest BCUT2D eigenvalue weighted by Gasteiger charge is -2.29. The number of nitrogens with two attached hydrogens (primary N) is 2. The van der Waals surface area contributed by atoms with Crippen LogP contribution in [0.15, 0.2) is 23.5 Å². The zero-order chi connectivity index (χ0) is 23.3. The molecule has 0 aromatic heterocycles. The number of benzene rings is 1. The Balaban J connectivity index is 2.71. The van der Waals surface area contributed by atoms with Gasteiger partial charge < -0.3 is 16.2 Å². The maximum Gasteiger partial charge on any atom is 0.422 e. The van der Waals surface area contributed by atoms with Crippen molar-refractivity contribution in [2.75, 3.05) is 0 Å². The summed E-state index contributed by atoms with van der Waals surface area (Å²) in [7, 11) is 0. The molecule has 0 fully saturated rings. The number of rotatable bonds is 4. The zero-order valence-corrected chi connectivity index (χ0v) is 13.8. The first-order chi connectivity index (χ1) is 13.6. The number of halogens is 10. The number of amides is 2. The fraction of sp³-hybridized carbons (Fsp3) is 0.200. The van der Waals surface area contributed by atoms with Gasteiger partial charge in [-0.15, -0.1) is 0 Å². The molecule has 0 bridgehead atoms. The number of carbonyl (C=O) groups is 2. The van der Waals surface area contributed by atoms with Gasteiger partial charge in [-0.3, -0.25) is 9.59 Å². The third-order valence-corrected chi connectivity index (χ3v) is 3.82. The molecule has 2 rings (SSSR count). The lowest BCUT2D eigenvalue weighted by molar-refractivity contribution is -0.143. The summed E-state index contributed by atoms with van der Waals surface area (Å²) in [5.74, 6) is -28.1. The molecule has 2 unspecified atom stereocenters. The van der Waals surface area contributed by atoms with Crippen LogP contribution >= 0.6 is 0 Å². The Morgan fingerprint density at radius 2 is 1.40 bits per heavy atom. The summed E-state index contributed by atoms with van der Waals surface area (Å²) < 4.78 is 139. The van der Waals surface area contributed by atoms with Crippen molar-refractivity contribution in [1.29, 1.82) is 0 Å². The predicted octanol–water partition coefficient (Wildman–Crippen LogP) is 2.98. The molecule has 2 amide bonds. The minimum absolute atomic E-state index is 0.421.